The zero-order valence-corrected chi connectivity index (χ0v) is 9.98. The molecule has 0 spiro atoms. The van der Waals surface area contributed by atoms with Crippen LogP contribution in [0.5, 0.6) is 5.75 Å². The molecule has 0 aromatic heterocycles. The molecule has 1 aromatic rings. The molecule has 0 saturated carbocycles. The van der Waals surface area contributed by atoms with Crippen LogP contribution >= 0.6 is 0 Å². The van der Waals surface area contributed by atoms with Crippen molar-refractivity contribution in [3.05, 3.63) is 24.3 Å². The van der Waals surface area contributed by atoms with Crippen LogP contribution in [-0.2, 0) is 0 Å². The van der Waals surface area contributed by atoms with Crippen LogP contribution in [0.1, 0.15) is 19.3 Å². The molecule has 0 atom stereocenters. The van der Waals surface area contributed by atoms with E-state index in [1.54, 1.807) is 0 Å². The van der Waals surface area contributed by atoms with Gasteiger partial charge in [-0.25, -0.2) is 0 Å². The minimum Gasteiger partial charge on any atom is -0.493 e. The monoisotopic (exact) mass is 233 g/mol. The summed E-state index contributed by atoms with van der Waals surface area (Å²) in [5.74, 6) is 0.834. The average Bonchev–Trinajstić information content (AvgIpc) is 2.36. The number of unbranched alkanes of at least 4 members (excludes halogenated alkanes) is 1. The smallest absolute Gasteiger partial charge is 0.121 e. The number of hydrogen-bond donors (Lipinski definition) is 2. The molecule has 1 rings (SSSR count). The Bertz CT molecular complexity index is 360. The van der Waals surface area contributed by atoms with Gasteiger partial charge in [0.2, 0.25) is 0 Å². The molecule has 0 aliphatic heterocycles. The van der Waals surface area contributed by atoms with Crippen LogP contribution in [-0.4, -0.2) is 19.7 Å². The van der Waals surface area contributed by atoms with Gasteiger partial charge >= 0.3 is 0 Å². The van der Waals surface area contributed by atoms with Crippen molar-refractivity contribution in [2.45, 2.75) is 19.3 Å². The number of benzene rings is 1. The van der Waals surface area contributed by atoms with Crippen LogP contribution in [0, 0.1) is 11.3 Å². The van der Waals surface area contributed by atoms with Crippen molar-refractivity contribution in [3.8, 4) is 11.8 Å². The van der Waals surface area contributed by atoms with Crippen molar-refractivity contribution in [1.29, 1.82) is 5.26 Å². The highest BCUT2D eigenvalue weighted by Gasteiger charge is 1.96. The lowest BCUT2D eigenvalue weighted by atomic mass is 10.3. The highest BCUT2D eigenvalue weighted by Crippen LogP contribution is 2.17. The SMILES string of the molecule is N#CCCCOc1cccc(NCCCN)c1. The second kappa shape index (κ2) is 8.43. The third-order valence-corrected chi connectivity index (χ3v) is 2.25. The summed E-state index contributed by atoms with van der Waals surface area (Å²) in [5, 5.41) is 11.7. The highest BCUT2D eigenvalue weighted by molar-refractivity contribution is 5.48. The van der Waals surface area contributed by atoms with Gasteiger partial charge in [0.05, 0.1) is 12.7 Å². The summed E-state index contributed by atoms with van der Waals surface area (Å²) in [4.78, 5) is 0. The molecule has 0 unspecified atom stereocenters. The van der Waals surface area contributed by atoms with Crippen molar-refractivity contribution < 1.29 is 4.74 Å². The van der Waals surface area contributed by atoms with E-state index in [0.29, 0.717) is 19.6 Å². The fourth-order valence-corrected chi connectivity index (χ4v) is 1.37. The van der Waals surface area contributed by atoms with E-state index in [-0.39, 0.29) is 0 Å². The molecule has 3 N–H and O–H groups in total. The first-order valence-electron chi connectivity index (χ1n) is 5.90. The maximum Gasteiger partial charge on any atom is 0.121 e. The van der Waals surface area contributed by atoms with E-state index >= 15 is 0 Å². The van der Waals surface area contributed by atoms with Crippen molar-refractivity contribution >= 4 is 5.69 Å². The fraction of sp³-hybridized carbons (Fsp3) is 0.462. The van der Waals surface area contributed by atoms with Crippen LogP contribution < -0.4 is 15.8 Å². The number of rotatable bonds is 8. The quantitative estimate of drug-likeness (QED) is 0.675. The molecule has 0 bridgehead atoms. The molecule has 0 aliphatic rings. The van der Waals surface area contributed by atoms with Gasteiger partial charge in [-0.05, 0) is 31.5 Å². The summed E-state index contributed by atoms with van der Waals surface area (Å²) >= 11 is 0. The lowest BCUT2D eigenvalue weighted by Gasteiger charge is -2.09. The molecule has 92 valence electrons. The summed E-state index contributed by atoms with van der Waals surface area (Å²) < 4.78 is 5.54. The largest absolute Gasteiger partial charge is 0.493 e. The number of nitrogens with two attached hydrogens (primary N) is 1. The normalized spacial score (nSPS) is 9.65. The van der Waals surface area contributed by atoms with E-state index in [1.807, 2.05) is 24.3 Å². The van der Waals surface area contributed by atoms with Crippen LogP contribution in [0.2, 0.25) is 0 Å². The first-order valence-corrected chi connectivity index (χ1v) is 5.90. The lowest BCUT2D eigenvalue weighted by Crippen LogP contribution is -2.08. The van der Waals surface area contributed by atoms with E-state index in [9.17, 15) is 0 Å². The molecule has 0 radical (unpaired) electrons. The Kier molecular flexibility index (Phi) is 6.61. The second-order valence-electron chi connectivity index (χ2n) is 3.71. The Morgan fingerprint density at radius 1 is 1.35 bits per heavy atom. The van der Waals surface area contributed by atoms with E-state index in [1.165, 1.54) is 0 Å². The molecule has 4 heteroatoms. The van der Waals surface area contributed by atoms with Gasteiger partial charge in [-0.15, -0.1) is 0 Å². The minimum atomic E-state index is 0.536. The maximum absolute atomic E-state index is 8.40. The number of anilines is 1. The summed E-state index contributed by atoms with van der Waals surface area (Å²) in [6, 6.07) is 9.92. The van der Waals surface area contributed by atoms with E-state index < -0.39 is 0 Å². The number of nitriles is 1. The number of ether oxygens (including phenoxy) is 1. The molecule has 0 aliphatic carbocycles. The topological polar surface area (TPSA) is 71.1 Å². The van der Waals surface area contributed by atoms with Crippen LogP contribution in [0.3, 0.4) is 0 Å². The highest BCUT2D eigenvalue weighted by atomic mass is 16.5. The van der Waals surface area contributed by atoms with Gasteiger partial charge < -0.3 is 15.8 Å². The molecule has 0 heterocycles. The summed E-state index contributed by atoms with van der Waals surface area (Å²) in [6.07, 6.45) is 2.25. The van der Waals surface area contributed by atoms with Gasteiger partial charge in [0.15, 0.2) is 0 Å². The van der Waals surface area contributed by atoms with Crippen LogP contribution in [0.4, 0.5) is 5.69 Å². The number of hydrogen-bond acceptors (Lipinski definition) is 4. The Morgan fingerprint density at radius 2 is 2.24 bits per heavy atom. The molecular formula is C13H19N3O. The molecular weight excluding hydrogens is 214 g/mol. The third kappa shape index (κ3) is 5.79. The van der Waals surface area contributed by atoms with Gasteiger partial charge in [0.1, 0.15) is 5.75 Å². The van der Waals surface area contributed by atoms with Gasteiger partial charge in [-0.2, -0.15) is 5.26 Å². The zero-order chi connectivity index (χ0) is 12.3. The Balaban J connectivity index is 2.34. The molecule has 17 heavy (non-hydrogen) atoms. The number of nitrogens with zero attached hydrogens (tertiary/aromatic N) is 1. The second-order valence-corrected chi connectivity index (χ2v) is 3.71. The van der Waals surface area contributed by atoms with Gasteiger partial charge in [0.25, 0.3) is 0 Å². The Hall–Kier alpha value is -1.73. The Morgan fingerprint density at radius 3 is 3.00 bits per heavy atom. The predicted molar refractivity (Wildman–Crippen MR) is 68.9 cm³/mol. The molecule has 0 saturated heterocycles. The summed E-state index contributed by atoms with van der Waals surface area (Å²) in [5.41, 5.74) is 6.46. The third-order valence-electron chi connectivity index (χ3n) is 2.25. The fourth-order valence-electron chi connectivity index (χ4n) is 1.37. The Labute approximate surface area is 102 Å². The zero-order valence-electron chi connectivity index (χ0n) is 9.98. The van der Waals surface area contributed by atoms with Crippen LogP contribution in [0.25, 0.3) is 0 Å². The molecule has 0 amide bonds. The van der Waals surface area contributed by atoms with E-state index in [4.69, 9.17) is 15.7 Å². The van der Waals surface area contributed by atoms with Crippen molar-refractivity contribution in [3.63, 3.8) is 0 Å². The van der Waals surface area contributed by atoms with Gasteiger partial charge in [-0.3, -0.25) is 0 Å². The summed E-state index contributed by atoms with van der Waals surface area (Å²) in [6.45, 7) is 2.14. The average molecular weight is 233 g/mol. The minimum absolute atomic E-state index is 0.536. The van der Waals surface area contributed by atoms with E-state index in [2.05, 4.69) is 11.4 Å². The number of nitrogens with one attached hydrogen (secondary N) is 1. The standard InChI is InChI=1S/C13H19N3O/c14-7-1-2-10-17-13-6-3-5-12(11-13)16-9-4-8-15/h3,5-6,11,16H,1-2,4,8-10,15H2. The van der Waals surface area contributed by atoms with Crippen molar-refractivity contribution in [2.75, 3.05) is 25.0 Å². The summed E-state index contributed by atoms with van der Waals surface area (Å²) in [7, 11) is 0. The van der Waals surface area contributed by atoms with Crippen LogP contribution in [0.15, 0.2) is 24.3 Å². The van der Waals surface area contributed by atoms with Crippen molar-refractivity contribution in [2.24, 2.45) is 5.73 Å². The first-order chi connectivity index (χ1) is 8.36. The van der Waals surface area contributed by atoms with Crippen molar-refractivity contribution in [1.82, 2.24) is 0 Å². The maximum atomic E-state index is 8.40. The van der Waals surface area contributed by atoms with Gasteiger partial charge in [0, 0.05) is 24.7 Å². The molecule has 1 aromatic carbocycles. The lowest BCUT2D eigenvalue weighted by molar-refractivity contribution is 0.313. The first kappa shape index (κ1) is 13.3. The molecule has 0 fully saturated rings. The predicted octanol–water partition coefficient (Wildman–Crippen LogP) is 2.13. The molecule has 4 nitrogen and oxygen atoms in total. The van der Waals surface area contributed by atoms with Gasteiger partial charge in [-0.1, -0.05) is 6.07 Å². The van der Waals surface area contributed by atoms with E-state index in [0.717, 1.165) is 30.8 Å².